The first-order chi connectivity index (χ1) is 12.5. The summed E-state index contributed by atoms with van der Waals surface area (Å²) in [6.07, 6.45) is 5.56. The average Bonchev–Trinajstić information content (AvgIpc) is 3.32. The second-order valence-corrected chi connectivity index (χ2v) is 9.03. The maximum absolute atomic E-state index is 12.6. The number of rotatable bonds is 3. The molecule has 0 spiro atoms. The number of nitrogens with one attached hydrogen (secondary N) is 2. The van der Waals surface area contributed by atoms with E-state index in [1.165, 1.54) is 4.88 Å². The van der Waals surface area contributed by atoms with Crippen molar-refractivity contribution in [3.8, 4) is 0 Å². The lowest BCUT2D eigenvalue weighted by molar-refractivity contribution is -0.149. The van der Waals surface area contributed by atoms with Gasteiger partial charge in [0.25, 0.3) is 5.91 Å². The van der Waals surface area contributed by atoms with E-state index in [2.05, 4.69) is 17.8 Å². The van der Waals surface area contributed by atoms with E-state index in [1.54, 1.807) is 11.3 Å². The van der Waals surface area contributed by atoms with Crippen LogP contribution in [0, 0.1) is 29.6 Å². The molecule has 1 aromatic heterocycles. The molecule has 2 saturated carbocycles. The summed E-state index contributed by atoms with van der Waals surface area (Å²) in [5.41, 5.74) is 6.76. The van der Waals surface area contributed by atoms with Crippen LogP contribution in [0.4, 0.5) is 0 Å². The van der Waals surface area contributed by atoms with Crippen molar-refractivity contribution in [2.45, 2.75) is 45.4 Å². The fourth-order valence-electron chi connectivity index (χ4n) is 5.16. The van der Waals surface area contributed by atoms with Gasteiger partial charge in [-0.2, -0.15) is 0 Å². The molecule has 3 aliphatic rings. The number of carboxylic acids is 1. The lowest BCUT2D eigenvalue weighted by Gasteiger charge is -2.27. The molecule has 0 radical (unpaired) electrons. The summed E-state index contributed by atoms with van der Waals surface area (Å²) in [6.45, 7) is 2.22. The van der Waals surface area contributed by atoms with E-state index in [0.717, 1.165) is 44.1 Å². The van der Waals surface area contributed by atoms with Gasteiger partial charge in [-0.3, -0.25) is 25.2 Å². The molecular formula is C19H24N2O4S. The van der Waals surface area contributed by atoms with Crippen LogP contribution in [0.25, 0.3) is 0 Å². The minimum Gasteiger partial charge on any atom is -0.481 e. The predicted octanol–water partition coefficient (Wildman–Crippen LogP) is 2.38. The first-order valence-corrected chi connectivity index (χ1v) is 10.3. The maximum atomic E-state index is 12.6. The van der Waals surface area contributed by atoms with Crippen LogP contribution in [0.15, 0.2) is 5.38 Å². The number of hydrogen-bond donors (Lipinski definition) is 3. The topological polar surface area (TPSA) is 95.5 Å². The number of thiophene rings is 1. The van der Waals surface area contributed by atoms with Gasteiger partial charge in [0.1, 0.15) is 0 Å². The highest BCUT2D eigenvalue weighted by Gasteiger charge is 2.54. The smallest absolute Gasteiger partial charge is 0.307 e. The first-order valence-electron chi connectivity index (χ1n) is 9.38. The van der Waals surface area contributed by atoms with E-state index < -0.39 is 17.8 Å². The Balaban J connectivity index is 1.41. The van der Waals surface area contributed by atoms with E-state index in [4.69, 9.17) is 0 Å². The second kappa shape index (κ2) is 6.68. The Morgan fingerprint density at radius 2 is 1.85 bits per heavy atom. The third-order valence-electron chi connectivity index (χ3n) is 6.45. The minimum atomic E-state index is -0.898. The van der Waals surface area contributed by atoms with Crippen molar-refractivity contribution in [1.29, 1.82) is 0 Å². The van der Waals surface area contributed by atoms with Gasteiger partial charge in [-0.1, -0.05) is 6.92 Å². The minimum absolute atomic E-state index is 0.0924. The molecule has 0 aliphatic heterocycles. The highest BCUT2D eigenvalue weighted by Crippen LogP contribution is 2.52. The van der Waals surface area contributed by atoms with E-state index in [-0.39, 0.29) is 23.7 Å². The molecule has 0 unspecified atom stereocenters. The van der Waals surface area contributed by atoms with Crippen molar-refractivity contribution in [2.75, 3.05) is 0 Å². The number of aliphatic carboxylic acids is 1. The number of fused-ring (bicyclic) bond motifs is 3. The third kappa shape index (κ3) is 2.92. The fourth-order valence-corrected chi connectivity index (χ4v) is 6.41. The largest absolute Gasteiger partial charge is 0.481 e. The molecule has 2 bridgehead atoms. The van der Waals surface area contributed by atoms with Gasteiger partial charge in [-0.25, -0.2) is 0 Å². The van der Waals surface area contributed by atoms with Gasteiger partial charge >= 0.3 is 5.97 Å². The molecule has 5 atom stereocenters. The van der Waals surface area contributed by atoms with Gasteiger partial charge in [-0.15, -0.1) is 11.3 Å². The summed E-state index contributed by atoms with van der Waals surface area (Å²) in [7, 11) is 0. The Labute approximate surface area is 156 Å². The van der Waals surface area contributed by atoms with E-state index >= 15 is 0 Å². The van der Waals surface area contributed by atoms with Crippen molar-refractivity contribution < 1.29 is 19.5 Å². The molecule has 4 rings (SSSR count). The number of carbonyl (C=O) groups is 3. The summed E-state index contributed by atoms with van der Waals surface area (Å²) in [4.78, 5) is 37.9. The van der Waals surface area contributed by atoms with Crippen LogP contribution in [0.1, 0.15) is 53.4 Å². The van der Waals surface area contributed by atoms with Crippen molar-refractivity contribution in [3.63, 3.8) is 0 Å². The molecule has 1 aromatic rings. The Morgan fingerprint density at radius 3 is 2.58 bits per heavy atom. The monoisotopic (exact) mass is 376 g/mol. The first kappa shape index (κ1) is 17.5. The zero-order valence-electron chi connectivity index (χ0n) is 14.8. The number of carbonyl (C=O) groups excluding carboxylic acids is 2. The lowest BCUT2D eigenvalue weighted by atomic mass is 9.79. The zero-order valence-corrected chi connectivity index (χ0v) is 15.6. The van der Waals surface area contributed by atoms with Crippen LogP contribution in [-0.4, -0.2) is 22.9 Å². The van der Waals surface area contributed by atoms with Crippen LogP contribution < -0.4 is 10.9 Å². The second-order valence-electron chi connectivity index (χ2n) is 8.07. The molecule has 0 aromatic carbocycles. The van der Waals surface area contributed by atoms with Crippen LogP contribution >= 0.6 is 11.3 Å². The van der Waals surface area contributed by atoms with E-state index in [1.807, 2.05) is 5.38 Å². The van der Waals surface area contributed by atoms with Gasteiger partial charge in [-0.05, 0) is 61.8 Å². The van der Waals surface area contributed by atoms with Crippen molar-refractivity contribution in [2.24, 2.45) is 29.6 Å². The van der Waals surface area contributed by atoms with Crippen molar-refractivity contribution in [1.82, 2.24) is 10.9 Å². The fraction of sp³-hybridized carbons (Fsp3) is 0.632. The number of hydrogen-bond acceptors (Lipinski definition) is 4. The van der Waals surface area contributed by atoms with Gasteiger partial charge in [0.2, 0.25) is 5.91 Å². The zero-order chi connectivity index (χ0) is 18.4. The van der Waals surface area contributed by atoms with Gasteiger partial charge in [0.05, 0.1) is 17.4 Å². The van der Waals surface area contributed by atoms with Gasteiger partial charge in [0.15, 0.2) is 0 Å². The molecule has 7 heteroatoms. The van der Waals surface area contributed by atoms with Crippen LogP contribution in [0.3, 0.4) is 0 Å². The molecule has 3 N–H and O–H groups in total. The molecule has 1 heterocycles. The molecule has 2 amide bonds. The van der Waals surface area contributed by atoms with E-state index in [9.17, 15) is 19.5 Å². The molecule has 2 fully saturated rings. The van der Waals surface area contributed by atoms with Crippen LogP contribution in [0.5, 0.6) is 0 Å². The van der Waals surface area contributed by atoms with Gasteiger partial charge < -0.3 is 5.11 Å². The molecule has 3 aliphatic carbocycles. The SMILES string of the molecule is C[C@@H]1CCc2c(C(=O)NNC(=O)[C@H]3[C@@H]4CC[C@@H](C4)[C@@H]3C(=O)O)csc2C1. The molecular weight excluding hydrogens is 352 g/mol. The maximum Gasteiger partial charge on any atom is 0.307 e. The number of hydrazine groups is 1. The summed E-state index contributed by atoms with van der Waals surface area (Å²) in [5.74, 6) is -1.88. The summed E-state index contributed by atoms with van der Waals surface area (Å²) in [6, 6.07) is 0. The summed E-state index contributed by atoms with van der Waals surface area (Å²) in [5, 5.41) is 11.3. The molecule has 0 saturated heterocycles. The Morgan fingerprint density at radius 1 is 1.12 bits per heavy atom. The van der Waals surface area contributed by atoms with Gasteiger partial charge in [0, 0.05) is 10.3 Å². The highest BCUT2D eigenvalue weighted by molar-refractivity contribution is 7.10. The Hall–Kier alpha value is -1.89. The highest BCUT2D eigenvalue weighted by atomic mass is 32.1. The quantitative estimate of drug-likeness (QED) is 0.706. The van der Waals surface area contributed by atoms with Crippen molar-refractivity contribution in [3.05, 3.63) is 21.4 Å². The Kier molecular flexibility index (Phi) is 4.50. The van der Waals surface area contributed by atoms with Crippen molar-refractivity contribution >= 4 is 29.1 Å². The standard InChI is InChI=1S/C19H24N2O4S/c1-9-2-5-12-13(8-26-14(12)6-9)17(22)20-21-18(23)15-10-3-4-11(7-10)16(15)19(24)25/h8-11,15-16H,2-7H2,1H3,(H,20,22)(H,21,23)(H,24,25)/t9-,10-,11+,15+,16+/m1/s1. The van der Waals surface area contributed by atoms with Crippen LogP contribution in [-0.2, 0) is 22.4 Å². The summed E-state index contributed by atoms with van der Waals surface area (Å²) < 4.78 is 0. The molecule has 26 heavy (non-hydrogen) atoms. The average molecular weight is 376 g/mol. The summed E-state index contributed by atoms with van der Waals surface area (Å²) >= 11 is 1.61. The lowest BCUT2D eigenvalue weighted by Crippen LogP contribution is -2.48. The normalized spacial score (nSPS) is 32.1. The molecule has 6 nitrogen and oxygen atoms in total. The van der Waals surface area contributed by atoms with E-state index in [0.29, 0.717) is 11.5 Å². The molecule has 140 valence electrons. The Bertz CT molecular complexity index is 759. The third-order valence-corrected chi connectivity index (χ3v) is 7.50. The predicted molar refractivity (Wildman–Crippen MR) is 96.6 cm³/mol. The van der Waals surface area contributed by atoms with Crippen LogP contribution in [0.2, 0.25) is 0 Å². The number of amides is 2. The number of carboxylic acid groups (broad SMARTS) is 1.